The lowest BCUT2D eigenvalue weighted by Gasteiger charge is -2.20. The van der Waals surface area contributed by atoms with E-state index in [1.807, 2.05) is 38.1 Å². The van der Waals surface area contributed by atoms with Gasteiger partial charge in [-0.15, -0.1) is 0 Å². The third kappa shape index (κ3) is 3.12. The summed E-state index contributed by atoms with van der Waals surface area (Å²) in [6.45, 7) is 2.69. The Hall–Kier alpha value is -3.35. The fraction of sp³-hybridized carbons (Fsp3) is 0.318. The number of hydrogen-bond acceptors (Lipinski definition) is 4. The number of rotatable bonds is 4. The van der Waals surface area contributed by atoms with Gasteiger partial charge in [-0.05, 0) is 42.3 Å². The SMILES string of the molecule is CC(Oc1cc(-c2ccc3c(cnn3C)c2)cc2nn(C)cc12)C1CNC(=O)C1. The monoisotopic (exact) mass is 389 g/mol. The van der Waals surface area contributed by atoms with E-state index in [1.165, 1.54) is 0 Å². The van der Waals surface area contributed by atoms with E-state index in [9.17, 15) is 4.79 Å². The maximum absolute atomic E-state index is 11.6. The van der Waals surface area contributed by atoms with Crippen LogP contribution in [0, 0.1) is 5.92 Å². The van der Waals surface area contributed by atoms with Gasteiger partial charge in [0.25, 0.3) is 0 Å². The van der Waals surface area contributed by atoms with E-state index in [1.54, 1.807) is 4.68 Å². The minimum Gasteiger partial charge on any atom is -0.490 e. The van der Waals surface area contributed by atoms with Crippen LogP contribution in [0.1, 0.15) is 13.3 Å². The number of fused-ring (bicyclic) bond motifs is 2. The van der Waals surface area contributed by atoms with Crippen LogP contribution in [0.2, 0.25) is 0 Å². The predicted molar refractivity (Wildman–Crippen MR) is 112 cm³/mol. The third-order valence-electron chi connectivity index (χ3n) is 5.77. The Kier molecular flexibility index (Phi) is 4.04. The molecule has 1 saturated heterocycles. The molecule has 148 valence electrons. The van der Waals surface area contributed by atoms with E-state index in [4.69, 9.17) is 4.74 Å². The molecule has 2 unspecified atom stereocenters. The van der Waals surface area contributed by atoms with E-state index in [-0.39, 0.29) is 17.9 Å². The van der Waals surface area contributed by atoms with Gasteiger partial charge in [0.1, 0.15) is 11.9 Å². The van der Waals surface area contributed by atoms with E-state index >= 15 is 0 Å². The molecule has 2 aromatic carbocycles. The number of ether oxygens (including phenoxy) is 1. The predicted octanol–water partition coefficient (Wildman–Crippen LogP) is 3.03. The Morgan fingerprint density at radius 2 is 2.07 bits per heavy atom. The smallest absolute Gasteiger partial charge is 0.220 e. The topological polar surface area (TPSA) is 74.0 Å². The van der Waals surface area contributed by atoms with Crippen molar-refractivity contribution in [3.05, 3.63) is 42.7 Å². The van der Waals surface area contributed by atoms with Crippen LogP contribution in [0.5, 0.6) is 5.75 Å². The van der Waals surface area contributed by atoms with Gasteiger partial charge in [0.15, 0.2) is 0 Å². The molecule has 0 aliphatic carbocycles. The summed E-state index contributed by atoms with van der Waals surface area (Å²) in [6, 6.07) is 10.5. The zero-order valence-electron chi connectivity index (χ0n) is 16.7. The number of aromatic nitrogens is 4. The van der Waals surface area contributed by atoms with E-state index in [0.29, 0.717) is 13.0 Å². The van der Waals surface area contributed by atoms with Gasteiger partial charge in [-0.2, -0.15) is 10.2 Å². The average molecular weight is 389 g/mol. The summed E-state index contributed by atoms with van der Waals surface area (Å²) in [4.78, 5) is 11.6. The first-order chi connectivity index (χ1) is 14.0. The molecule has 1 aliphatic heterocycles. The van der Waals surface area contributed by atoms with Gasteiger partial charge in [0.05, 0.1) is 22.6 Å². The Balaban J connectivity index is 1.56. The number of hydrogen-bond donors (Lipinski definition) is 1. The number of nitrogens with one attached hydrogen (secondary N) is 1. The van der Waals surface area contributed by atoms with Crippen molar-refractivity contribution in [3.63, 3.8) is 0 Å². The van der Waals surface area contributed by atoms with Crippen molar-refractivity contribution < 1.29 is 9.53 Å². The minimum absolute atomic E-state index is 0.0755. The van der Waals surface area contributed by atoms with Gasteiger partial charge in [-0.25, -0.2) is 0 Å². The molecule has 4 aromatic rings. The Labute approximate surface area is 168 Å². The molecule has 29 heavy (non-hydrogen) atoms. The van der Waals surface area contributed by atoms with E-state index in [2.05, 4.69) is 45.8 Å². The lowest BCUT2D eigenvalue weighted by atomic mass is 10.0. The first-order valence-electron chi connectivity index (χ1n) is 9.81. The van der Waals surface area contributed by atoms with Gasteiger partial charge in [0.2, 0.25) is 5.91 Å². The van der Waals surface area contributed by atoms with Crippen molar-refractivity contribution in [2.75, 3.05) is 6.54 Å². The highest BCUT2D eigenvalue weighted by atomic mass is 16.5. The summed E-state index contributed by atoms with van der Waals surface area (Å²) in [5.74, 6) is 1.06. The Morgan fingerprint density at radius 1 is 1.21 bits per heavy atom. The second kappa shape index (κ2) is 6.62. The van der Waals surface area contributed by atoms with Crippen molar-refractivity contribution in [1.82, 2.24) is 24.9 Å². The molecule has 3 heterocycles. The van der Waals surface area contributed by atoms with Crippen molar-refractivity contribution in [2.45, 2.75) is 19.4 Å². The molecule has 1 fully saturated rings. The maximum Gasteiger partial charge on any atom is 0.220 e. The third-order valence-corrected chi connectivity index (χ3v) is 5.77. The molecule has 1 N–H and O–H groups in total. The molecule has 7 nitrogen and oxygen atoms in total. The number of carbonyl (C=O) groups excluding carboxylic acids is 1. The van der Waals surface area contributed by atoms with Gasteiger partial charge in [0, 0.05) is 44.6 Å². The Bertz CT molecular complexity index is 1240. The molecule has 2 aromatic heterocycles. The zero-order chi connectivity index (χ0) is 20.1. The van der Waals surface area contributed by atoms with Crippen LogP contribution in [-0.4, -0.2) is 38.1 Å². The van der Waals surface area contributed by atoms with Crippen LogP contribution in [0.4, 0.5) is 0 Å². The van der Waals surface area contributed by atoms with Crippen LogP contribution in [-0.2, 0) is 18.9 Å². The molecule has 7 heteroatoms. The molecule has 0 saturated carbocycles. The van der Waals surface area contributed by atoms with Gasteiger partial charge >= 0.3 is 0 Å². The number of amides is 1. The second-order valence-corrected chi connectivity index (χ2v) is 7.84. The summed E-state index contributed by atoms with van der Waals surface area (Å²) in [5.41, 5.74) is 4.12. The van der Waals surface area contributed by atoms with Gasteiger partial charge in [-0.1, -0.05) is 6.07 Å². The molecule has 0 spiro atoms. The quantitative estimate of drug-likeness (QED) is 0.582. The van der Waals surface area contributed by atoms with Crippen LogP contribution in [0.15, 0.2) is 42.7 Å². The highest BCUT2D eigenvalue weighted by Gasteiger charge is 2.28. The number of aryl methyl sites for hydroxylation is 2. The standard InChI is InChI=1S/C22H23N5O2/c1-13(16-9-22(28)23-10-16)29-21-8-15(7-19-18(21)12-26(2)25-19)14-4-5-20-17(6-14)11-24-27(20)3/h4-8,11-13,16H,9-10H2,1-3H3,(H,23,28). The molecule has 2 atom stereocenters. The van der Waals surface area contributed by atoms with Crippen molar-refractivity contribution in [1.29, 1.82) is 0 Å². The first-order valence-corrected chi connectivity index (χ1v) is 9.81. The second-order valence-electron chi connectivity index (χ2n) is 7.84. The highest BCUT2D eigenvalue weighted by Crippen LogP contribution is 2.34. The van der Waals surface area contributed by atoms with Crippen LogP contribution in [0.25, 0.3) is 32.9 Å². The van der Waals surface area contributed by atoms with Crippen molar-refractivity contribution >= 4 is 27.7 Å². The Morgan fingerprint density at radius 3 is 2.86 bits per heavy atom. The van der Waals surface area contributed by atoms with E-state index < -0.39 is 0 Å². The molecule has 1 aliphatic rings. The zero-order valence-corrected chi connectivity index (χ0v) is 16.7. The summed E-state index contributed by atoms with van der Waals surface area (Å²) in [7, 11) is 3.85. The molecule has 1 amide bonds. The van der Waals surface area contributed by atoms with Crippen LogP contribution in [0.3, 0.4) is 0 Å². The van der Waals surface area contributed by atoms with Crippen molar-refractivity contribution in [2.24, 2.45) is 20.0 Å². The largest absolute Gasteiger partial charge is 0.490 e. The average Bonchev–Trinajstić information content (AvgIpc) is 3.39. The number of benzene rings is 2. The molecular weight excluding hydrogens is 366 g/mol. The van der Waals surface area contributed by atoms with Crippen molar-refractivity contribution in [3.8, 4) is 16.9 Å². The summed E-state index contributed by atoms with van der Waals surface area (Å²) >= 11 is 0. The normalized spacial score (nSPS) is 17.8. The molecule has 0 bridgehead atoms. The molecule has 0 radical (unpaired) electrons. The lowest BCUT2D eigenvalue weighted by Crippen LogP contribution is -2.25. The molecular formula is C22H23N5O2. The fourth-order valence-electron chi connectivity index (χ4n) is 4.07. The fourth-order valence-corrected chi connectivity index (χ4v) is 4.07. The minimum atomic E-state index is -0.0755. The maximum atomic E-state index is 11.6. The highest BCUT2D eigenvalue weighted by molar-refractivity contribution is 5.92. The lowest BCUT2D eigenvalue weighted by molar-refractivity contribution is -0.119. The first kappa shape index (κ1) is 17.7. The van der Waals surface area contributed by atoms with Crippen LogP contribution < -0.4 is 10.1 Å². The summed E-state index contributed by atoms with van der Waals surface area (Å²) in [6.07, 6.45) is 4.29. The van der Waals surface area contributed by atoms with E-state index in [0.717, 1.165) is 38.7 Å². The van der Waals surface area contributed by atoms with Gasteiger partial charge in [-0.3, -0.25) is 14.2 Å². The molecule has 5 rings (SSSR count). The van der Waals surface area contributed by atoms with Gasteiger partial charge < -0.3 is 10.1 Å². The number of nitrogens with zero attached hydrogens (tertiary/aromatic N) is 4. The summed E-state index contributed by atoms with van der Waals surface area (Å²) < 4.78 is 10.0. The van der Waals surface area contributed by atoms with Crippen LogP contribution >= 0.6 is 0 Å². The summed E-state index contributed by atoms with van der Waals surface area (Å²) in [5, 5.41) is 13.9. The number of carbonyl (C=O) groups is 1.